The fourth-order valence-electron chi connectivity index (χ4n) is 2.68. The van der Waals surface area contributed by atoms with E-state index in [-0.39, 0.29) is 23.3 Å². The molecule has 1 aromatic carbocycles. The highest BCUT2D eigenvalue weighted by Crippen LogP contribution is 2.22. The van der Waals surface area contributed by atoms with Gasteiger partial charge in [-0.2, -0.15) is 0 Å². The van der Waals surface area contributed by atoms with Crippen LogP contribution in [0.2, 0.25) is 0 Å². The van der Waals surface area contributed by atoms with Crippen LogP contribution in [0.15, 0.2) is 24.3 Å². The predicted molar refractivity (Wildman–Crippen MR) is 112 cm³/mol. The summed E-state index contributed by atoms with van der Waals surface area (Å²) in [4.78, 5) is 36.8. The van der Waals surface area contributed by atoms with Gasteiger partial charge in [-0.3, -0.25) is 9.59 Å². The number of amides is 2. The highest BCUT2D eigenvalue weighted by Gasteiger charge is 2.27. The van der Waals surface area contributed by atoms with Crippen LogP contribution in [0.3, 0.4) is 0 Å². The molecule has 1 rings (SSSR count). The molecule has 0 spiro atoms. The smallest absolute Gasteiger partial charge is 0.329 e. The molecule has 162 valence electrons. The SMILES string of the molecule is COC[C@@H](C)NC(=O)COC(=O)[C@@H](NC(=O)c1ccc(C(C)(C)C)cc1)C(C)C. The Morgan fingerprint density at radius 1 is 1.00 bits per heavy atom. The topological polar surface area (TPSA) is 93.7 Å². The van der Waals surface area contributed by atoms with Gasteiger partial charge in [-0.05, 0) is 36.0 Å². The molecule has 0 aliphatic heterocycles. The molecule has 2 atom stereocenters. The van der Waals surface area contributed by atoms with Gasteiger partial charge in [-0.15, -0.1) is 0 Å². The second kappa shape index (κ2) is 11.0. The lowest BCUT2D eigenvalue weighted by Crippen LogP contribution is -2.46. The van der Waals surface area contributed by atoms with Gasteiger partial charge in [0.25, 0.3) is 11.8 Å². The molecule has 0 radical (unpaired) electrons. The van der Waals surface area contributed by atoms with Crippen LogP contribution < -0.4 is 10.6 Å². The van der Waals surface area contributed by atoms with E-state index < -0.39 is 24.5 Å². The minimum absolute atomic E-state index is 0.0133. The summed E-state index contributed by atoms with van der Waals surface area (Å²) in [5, 5.41) is 5.37. The number of hydrogen-bond donors (Lipinski definition) is 2. The van der Waals surface area contributed by atoms with Gasteiger partial charge >= 0.3 is 5.97 Å². The molecule has 0 aliphatic rings. The third-order valence-corrected chi connectivity index (χ3v) is 4.39. The molecule has 0 fully saturated rings. The van der Waals surface area contributed by atoms with Crippen molar-refractivity contribution >= 4 is 17.8 Å². The summed E-state index contributed by atoms with van der Waals surface area (Å²) >= 11 is 0. The van der Waals surface area contributed by atoms with E-state index in [4.69, 9.17) is 9.47 Å². The number of carbonyl (C=O) groups is 3. The highest BCUT2D eigenvalue weighted by molar-refractivity contribution is 5.97. The molecule has 0 saturated heterocycles. The minimum atomic E-state index is -0.853. The Labute approximate surface area is 173 Å². The van der Waals surface area contributed by atoms with Gasteiger partial charge in [0, 0.05) is 18.7 Å². The molecule has 29 heavy (non-hydrogen) atoms. The molecular weight excluding hydrogens is 372 g/mol. The van der Waals surface area contributed by atoms with Gasteiger partial charge < -0.3 is 20.1 Å². The normalized spacial score (nSPS) is 13.5. The number of nitrogens with one attached hydrogen (secondary N) is 2. The van der Waals surface area contributed by atoms with Gasteiger partial charge in [0.2, 0.25) is 0 Å². The molecule has 0 saturated carbocycles. The quantitative estimate of drug-likeness (QED) is 0.615. The fraction of sp³-hybridized carbons (Fsp3) is 0.591. The van der Waals surface area contributed by atoms with Crippen LogP contribution in [-0.4, -0.2) is 50.2 Å². The molecule has 7 nitrogen and oxygen atoms in total. The Hall–Kier alpha value is -2.41. The van der Waals surface area contributed by atoms with Gasteiger partial charge in [0.05, 0.1) is 6.61 Å². The maximum atomic E-state index is 12.6. The van der Waals surface area contributed by atoms with Crippen molar-refractivity contribution in [2.45, 2.75) is 59.0 Å². The van der Waals surface area contributed by atoms with Crippen molar-refractivity contribution in [1.82, 2.24) is 10.6 Å². The molecule has 2 N–H and O–H groups in total. The van der Waals surface area contributed by atoms with Crippen LogP contribution in [-0.2, 0) is 24.5 Å². The van der Waals surface area contributed by atoms with Crippen LogP contribution in [0.4, 0.5) is 0 Å². The zero-order valence-corrected chi connectivity index (χ0v) is 18.5. The molecule has 0 heterocycles. The van der Waals surface area contributed by atoms with Gasteiger partial charge in [0.1, 0.15) is 6.04 Å². The van der Waals surface area contributed by atoms with E-state index in [9.17, 15) is 14.4 Å². The zero-order valence-electron chi connectivity index (χ0n) is 18.5. The van der Waals surface area contributed by atoms with Gasteiger partial charge in [-0.1, -0.05) is 46.8 Å². The minimum Gasteiger partial charge on any atom is -0.454 e. The standard InChI is InChI=1S/C22H34N2O5/c1-14(2)19(21(27)29-13-18(25)23-15(3)12-28-7)24-20(26)16-8-10-17(11-9-16)22(4,5)6/h8-11,14-15,19H,12-13H2,1-7H3,(H,23,25)(H,24,26)/t15-,19+/m1/s1. The monoisotopic (exact) mass is 406 g/mol. The lowest BCUT2D eigenvalue weighted by Gasteiger charge is -2.22. The number of esters is 1. The average Bonchev–Trinajstić information content (AvgIpc) is 2.63. The lowest BCUT2D eigenvalue weighted by atomic mass is 9.86. The third kappa shape index (κ3) is 8.23. The first-order valence-electron chi connectivity index (χ1n) is 9.82. The van der Waals surface area contributed by atoms with E-state index >= 15 is 0 Å². The maximum Gasteiger partial charge on any atom is 0.329 e. The summed E-state index contributed by atoms with van der Waals surface area (Å²) in [5.41, 5.74) is 1.56. The molecule has 1 aromatic rings. The van der Waals surface area contributed by atoms with Crippen molar-refractivity contribution in [2.24, 2.45) is 5.92 Å². The van der Waals surface area contributed by atoms with Crippen molar-refractivity contribution in [3.63, 3.8) is 0 Å². The third-order valence-electron chi connectivity index (χ3n) is 4.39. The first-order valence-corrected chi connectivity index (χ1v) is 9.82. The Bertz CT molecular complexity index is 692. The number of rotatable bonds is 9. The lowest BCUT2D eigenvalue weighted by molar-refractivity contribution is -0.151. The highest BCUT2D eigenvalue weighted by atomic mass is 16.5. The molecule has 2 amide bonds. The van der Waals surface area contributed by atoms with Crippen molar-refractivity contribution in [3.05, 3.63) is 35.4 Å². The van der Waals surface area contributed by atoms with Crippen molar-refractivity contribution in [3.8, 4) is 0 Å². The molecule has 0 bridgehead atoms. The van der Waals surface area contributed by atoms with Gasteiger partial charge in [0.15, 0.2) is 6.61 Å². The number of ether oxygens (including phenoxy) is 2. The van der Waals surface area contributed by atoms with Crippen molar-refractivity contribution in [1.29, 1.82) is 0 Å². The summed E-state index contributed by atoms with van der Waals surface area (Å²) in [6.45, 7) is 11.6. The Kier molecular flexibility index (Phi) is 9.30. The number of carbonyl (C=O) groups excluding carboxylic acids is 3. The molecule has 0 unspecified atom stereocenters. The maximum absolute atomic E-state index is 12.6. The fourth-order valence-corrected chi connectivity index (χ4v) is 2.68. The van der Waals surface area contributed by atoms with E-state index in [1.807, 2.05) is 12.1 Å². The Morgan fingerprint density at radius 2 is 1.59 bits per heavy atom. The summed E-state index contributed by atoms with van der Waals surface area (Å²) in [7, 11) is 1.54. The summed E-state index contributed by atoms with van der Waals surface area (Å²) in [5.74, 6) is -1.63. The van der Waals surface area contributed by atoms with E-state index in [1.165, 1.54) is 7.11 Å². The van der Waals surface area contributed by atoms with Crippen molar-refractivity contribution < 1.29 is 23.9 Å². The van der Waals surface area contributed by atoms with Crippen molar-refractivity contribution in [2.75, 3.05) is 20.3 Å². The van der Waals surface area contributed by atoms with E-state index in [0.29, 0.717) is 12.2 Å². The first-order chi connectivity index (χ1) is 13.5. The van der Waals surface area contributed by atoms with Crippen LogP contribution >= 0.6 is 0 Å². The number of hydrogen-bond acceptors (Lipinski definition) is 5. The van der Waals surface area contributed by atoms with E-state index in [1.54, 1.807) is 32.9 Å². The van der Waals surface area contributed by atoms with Crippen LogP contribution in [0.1, 0.15) is 57.5 Å². The summed E-state index contributed by atoms with van der Waals surface area (Å²) in [6, 6.07) is 6.25. The van der Waals surface area contributed by atoms with E-state index in [2.05, 4.69) is 31.4 Å². The van der Waals surface area contributed by atoms with Crippen LogP contribution in [0, 0.1) is 5.92 Å². The number of methoxy groups -OCH3 is 1. The summed E-state index contributed by atoms with van der Waals surface area (Å²) in [6.07, 6.45) is 0. The molecule has 0 aromatic heterocycles. The average molecular weight is 407 g/mol. The largest absolute Gasteiger partial charge is 0.454 e. The molecular formula is C22H34N2O5. The summed E-state index contributed by atoms with van der Waals surface area (Å²) < 4.78 is 10.0. The van der Waals surface area contributed by atoms with E-state index in [0.717, 1.165) is 5.56 Å². The van der Waals surface area contributed by atoms with Crippen LogP contribution in [0.25, 0.3) is 0 Å². The number of benzene rings is 1. The van der Waals surface area contributed by atoms with Gasteiger partial charge in [-0.25, -0.2) is 4.79 Å². The Balaban J connectivity index is 2.69. The molecule has 7 heteroatoms. The predicted octanol–water partition coefficient (Wildman–Crippen LogP) is 2.43. The second-order valence-electron chi connectivity index (χ2n) is 8.55. The first kappa shape index (κ1) is 24.6. The Morgan fingerprint density at radius 3 is 2.07 bits per heavy atom. The second-order valence-corrected chi connectivity index (χ2v) is 8.55. The van der Waals surface area contributed by atoms with Crippen LogP contribution in [0.5, 0.6) is 0 Å². The molecule has 0 aliphatic carbocycles. The zero-order chi connectivity index (χ0) is 22.2.